The molecule has 0 fully saturated rings. The van der Waals surface area contributed by atoms with E-state index in [0.717, 1.165) is 25.7 Å². The number of unbranched alkanes of at least 4 members (excludes halogenated alkanes) is 18. The highest BCUT2D eigenvalue weighted by molar-refractivity contribution is 7.52. The van der Waals surface area contributed by atoms with Crippen LogP contribution in [0.15, 0.2) is 4.88 Å². The first kappa shape index (κ1) is 30.5. The largest absolute Gasteiger partial charge is 0.420 e. The van der Waals surface area contributed by atoms with Gasteiger partial charge in [-0.05, 0) is 18.4 Å². The maximum absolute atomic E-state index is 12.5. The Balaban J connectivity index is 3.63. The molecule has 184 valence electrons. The van der Waals surface area contributed by atoms with Crippen molar-refractivity contribution in [2.45, 2.75) is 142 Å². The van der Waals surface area contributed by atoms with Crippen molar-refractivity contribution in [2.24, 2.45) is 4.88 Å². The fourth-order valence-electron chi connectivity index (χ4n) is 3.68. The molecule has 0 aromatic carbocycles. The zero-order chi connectivity index (χ0) is 22.9. The molecule has 0 bridgehead atoms. The van der Waals surface area contributed by atoms with Crippen LogP contribution in [-0.2, 0) is 13.6 Å². The lowest BCUT2D eigenvalue weighted by Crippen LogP contribution is -1.98. The van der Waals surface area contributed by atoms with Gasteiger partial charge in [-0.1, -0.05) is 129 Å². The van der Waals surface area contributed by atoms with E-state index in [1.165, 1.54) is 103 Å². The van der Waals surface area contributed by atoms with Gasteiger partial charge in [0.25, 0.3) is 0 Å². The van der Waals surface area contributed by atoms with Crippen LogP contribution in [0, 0.1) is 0 Å². The molecule has 0 N–H and O–H groups in total. The molecule has 0 atom stereocenters. The summed E-state index contributed by atoms with van der Waals surface area (Å²) < 4.78 is 23.2. The van der Waals surface area contributed by atoms with Gasteiger partial charge in [-0.3, -0.25) is 4.57 Å². The molecular formula is C24H50N3O3P. The van der Waals surface area contributed by atoms with Gasteiger partial charge in [-0.15, -0.1) is 0 Å². The summed E-state index contributed by atoms with van der Waals surface area (Å²) in [6.07, 6.45) is 24.5. The van der Waals surface area contributed by atoms with Crippen LogP contribution in [0.2, 0.25) is 0 Å². The molecule has 0 amide bonds. The molecule has 7 heteroatoms. The minimum absolute atomic E-state index is 0.324. The van der Waals surface area contributed by atoms with Gasteiger partial charge < -0.3 is 9.05 Å². The SMILES string of the molecule is CCCCCCCCCCCCOP(=O)(N=[N+]=[N-])OCCCCCCCCCCCC. The molecule has 0 unspecified atom stereocenters. The molecule has 0 heterocycles. The predicted molar refractivity (Wildman–Crippen MR) is 132 cm³/mol. The second kappa shape index (κ2) is 24.1. The van der Waals surface area contributed by atoms with Crippen molar-refractivity contribution in [1.29, 1.82) is 0 Å². The summed E-state index contributed by atoms with van der Waals surface area (Å²) in [6, 6.07) is 0. The van der Waals surface area contributed by atoms with E-state index in [1.807, 2.05) is 0 Å². The van der Waals surface area contributed by atoms with Crippen molar-refractivity contribution >= 4 is 7.75 Å². The fraction of sp³-hybridized carbons (Fsp3) is 1.00. The first-order valence-electron chi connectivity index (χ1n) is 13.1. The maximum atomic E-state index is 12.5. The highest BCUT2D eigenvalue weighted by Crippen LogP contribution is 2.50. The molecule has 6 nitrogen and oxygen atoms in total. The van der Waals surface area contributed by atoms with Crippen LogP contribution in [0.5, 0.6) is 0 Å². The number of rotatable bonds is 25. The van der Waals surface area contributed by atoms with Gasteiger partial charge >= 0.3 is 7.75 Å². The van der Waals surface area contributed by atoms with Gasteiger partial charge in [-0.25, -0.2) is 0 Å². The topological polar surface area (TPSA) is 84.3 Å². The molecule has 0 aliphatic carbocycles. The van der Waals surface area contributed by atoms with Crippen molar-refractivity contribution in [3.8, 4) is 0 Å². The second-order valence-electron chi connectivity index (χ2n) is 8.68. The molecule has 0 aliphatic heterocycles. The molecule has 0 rings (SSSR count). The Morgan fingerprint density at radius 2 is 0.871 bits per heavy atom. The summed E-state index contributed by atoms with van der Waals surface area (Å²) in [5, 5.41) is 0. The van der Waals surface area contributed by atoms with Gasteiger partial charge in [0.15, 0.2) is 0 Å². The third-order valence-corrected chi connectivity index (χ3v) is 6.97. The van der Waals surface area contributed by atoms with Crippen LogP contribution in [0.1, 0.15) is 142 Å². The molecule has 0 aliphatic rings. The van der Waals surface area contributed by atoms with E-state index < -0.39 is 7.75 Å². The fourth-order valence-corrected chi connectivity index (χ4v) is 4.67. The highest BCUT2D eigenvalue weighted by Gasteiger charge is 2.22. The molecular weight excluding hydrogens is 409 g/mol. The smallest absolute Gasteiger partial charge is 0.304 e. The average Bonchev–Trinajstić information content (AvgIpc) is 2.76. The Labute approximate surface area is 192 Å². The summed E-state index contributed by atoms with van der Waals surface area (Å²) in [5.41, 5.74) is 8.68. The van der Waals surface area contributed by atoms with E-state index in [1.54, 1.807) is 0 Å². The predicted octanol–water partition coefficient (Wildman–Crippen LogP) is 10.3. The minimum Gasteiger partial charge on any atom is -0.304 e. The normalized spacial score (nSPS) is 11.5. The standard InChI is InChI=1S/C24H50N3O3P/c1-3-5-7-9-11-13-15-17-19-21-23-29-31(28,27-26-25)30-24-22-20-18-16-14-12-10-8-6-4-2/h3-24H2,1-2H3. The van der Waals surface area contributed by atoms with Crippen molar-refractivity contribution in [1.82, 2.24) is 0 Å². The summed E-state index contributed by atoms with van der Waals surface area (Å²) in [5.74, 6) is 0. The lowest BCUT2D eigenvalue weighted by molar-refractivity contribution is 0.198. The Bertz CT molecular complexity index is 441. The number of hydrogen-bond donors (Lipinski definition) is 0. The van der Waals surface area contributed by atoms with E-state index in [2.05, 4.69) is 23.6 Å². The van der Waals surface area contributed by atoms with Gasteiger partial charge in [0, 0.05) is 9.80 Å². The number of hydrogen-bond acceptors (Lipinski definition) is 3. The third-order valence-electron chi connectivity index (χ3n) is 5.65. The van der Waals surface area contributed by atoms with E-state index in [0.29, 0.717) is 13.2 Å². The summed E-state index contributed by atoms with van der Waals surface area (Å²) in [4.78, 5) is 5.97. The van der Waals surface area contributed by atoms with Gasteiger partial charge in [-0.2, -0.15) is 0 Å². The molecule has 0 radical (unpaired) electrons. The summed E-state index contributed by atoms with van der Waals surface area (Å²) in [7, 11) is -3.67. The number of azide groups is 1. The van der Waals surface area contributed by atoms with Crippen molar-refractivity contribution in [3.63, 3.8) is 0 Å². The molecule has 0 saturated heterocycles. The maximum Gasteiger partial charge on any atom is 0.420 e. The summed E-state index contributed by atoms with van der Waals surface area (Å²) in [6.45, 7) is 5.13. The zero-order valence-corrected chi connectivity index (χ0v) is 21.5. The zero-order valence-electron chi connectivity index (χ0n) is 20.6. The highest BCUT2D eigenvalue weighted by atomic mass is 31.2. The van der Waals surface area contributed by atoms with Crippen LogP contribution in [-0.4, -0.2) is 13.2 Å². The Morgan fingerprint density at radius 1 is 0.581 bits per heavy atom. The van der Waals surface area contributed by atoms with E-state index in [-0.39, 0.29) is 0 Å². The van der Waals surface area contributed by atoms with Crippen LogP contribution in [0.25, 0.3) is 10.4 Å². The molecule has 0 spiro atoms. The first-order chi connectivity index (χ1) is 15.2. The van der Waals surface area contributed by atoms with Crippen molar-refractivity contribution < 1.29 is 13.6 Å². The Kier molecular flexibility index (Phi) is 23.7. The van der Waals surface area contributed by atoms with E-state index in [4.69, 9.17) is 14.6 Å². The van der Waals surface area contributed by atoms with Gasteiger partial charge in [0.2, 0.25) is 0 Å². The first-order valence-corrected chi connectivity index (χ1v) is 14.6. The number of nitrogens with zero attached hydrogens (tertiary/aromatic N) is 3. The lowest BCUT2D eigenvalue weighted by atomic mass is 10.1. The van der Waals surface area contributed by atoms with Crippen LogP contribution >= 0.6 is 7.75 Å². The molecule has 0 saturated carbocycles. The minimum atomic E-state index is -3.67. The van der Waals surface area contributed by atoms with E-state index in [9.17, 15) is 4.57 Å². The average molecular weight is 460 g/mol. The van der Waals surface area contributed by atoms with Crippen molar-refractivity contribution in [3.05, 3.63) is 10.4 Å². The van der Waals surface area contributed by atoms with Gasteiger partial charge in [0.05, 0.1) is 13.2 Å². The monoisotopic (exact) mass is 459 g/mol. The van der Waals surface area contributed by atoms with Crippen LogP contribution in [0.4, 0.5) is 0 Å². The van der Waals surface area contributed by atoms with Crippen LogP contribution < -0.4 is 0 Å². The molecule has 31 heavy (non-hydrogen) atoms. The van der Waals surface area contributed by atoms with E-state index >= 15 is 0 Å². The van der Waals surface area contributed by atoms with Crippen LogP contribution in [0.3, 0.4) is 0 Å². The molecule has 0 aromatic heterocycles. The van der Waals surface area contributed by atoms with Gasteiger partial charge in [0.1, 0.15) is 0 Å². The Hall–Kier alpha value is -0.540. The lowest BCUT2D eigenvalue weighted by Gasteiger charge is -2.13. The second-order valence-corrected chi connectivity index (χ2v) is 10.3. The van der Waals surface area contributed by atoms with Crippen molar-refractivity contribution in [2.75, 3.05) is 13.2 Å². The quantitative estimate of drug-likeness (QED) is 0.0447. The summed E-state index contributed by atoms with van der Waals surface area (Å²) >= 11 is 0. The third kappa shape index (κ3) is 22.4. The molecule has 0 aromatic rings. The Morgan fingerprint density at radius 3 is 1.16 bits per heavy atom.